The summed E-state index contributed by atoms with van der Waals surface area (Å²) in [6.45, 7) is 8.83. The molecular formula is C33H39N3O8S. The van der Waals surface area contributed by atoms with E-state index in [1.165, 1.54) is 42.2 Å². The van der Waals surface area contributed by atoms with E-state index in [0.717, 1.165) is 23.0 Å². The first-order valence-corrected chi connectivity index (χ1v) is 15.9. The average Bonchev–Trinajstić information content (AvgIpc) is 3.70. The van der Waals surface area contributed by atoms with Gasteiger partial charge in [-0.1, -0.05) is 32.0 Å². The van der Waals surface area contributed by atoms with E-state index in [1.54, 1.807) is 14.0 Å². The Labute approximate surface area is 264 Å². The number of benzene rings is 1. The Balaban J connectivity index is 1.53. The summed E-state index contributed by atoms with van der Waals surface area (Å²) in [6, 6.07) is 7.45. The van der Waals surface area contributed by atoms with Crippen LogP contribution in [0.25, 0.3) is 21.0 Å². The van der Waals surface area contributed by atoms with Gasteiger partial charge in [-0.05, 0) is 68.9 Å². The Morgan fingerprint density at radius 3 is 2.44 bits per heavy atom. The molecule has 2 saturated carbocycles. The minimum Gasteiger partial charge on any atom is -0.496 e. The first-order valence-electron chi connectivity index (χ1n) is 15.1. The molecule has 12 heteroatoms. The lowest BCUT2D eigenvalue weighted by atomic mass is 9.71. The number of thiophene rings is 1. The summed E-state index contributed by atoms with van der Waals surface area (Å²) in [4.78, 5) is 45.9. The SMILES string of the molecule is COc1ccccc1C(Cn1c(=O)n(C(C)(C)C(=O)O)c(=O)c2c(C)c(-c3ncco3)sc21)O[C@@H]1C[C@]2(C)C[C@H](O)C[C@]2(C)C1. The maximum absolute atomic E-state index is 14.3. The van der Waals surface area contributed by atoms with Crippen LogP contribution in [0, 0.1) is 17.8 Å². The van der Waals surface area contributed by atoms with Crippen molar-refractivity contribution in [1.82, 2.24) is 14.1 Å². The molecule has 2 aliphatic carbocycles. The number of aliphatic carboxylic acids is 1. The van der Waals surface area contributed by atoms with Gasteiger partial charge in [0.25, 0.3) is 5.56 Å². The molecule has 2 fully saturated rings. The van der Waals surface area contributed by atoms with Crippen LogP contribution in [0.2, 0.25) is 0 Å². The lowest BCUT2D eigenvalue weighted by Crippen LogP contribution is -2.52. The van der Waals surface area contributed by atoms with Gasteiger partial charge < -0.3 is 24.1 Å². The second kappa shape index (κ2) is 11.0. The van der Waals surface area contributed by atoms with Crippen LogP contribution in [-0.4, -0.2) is 49.6 Å². The van der Waals surface area contributed by atoms with Crippen LogP contribution >= 0.6 is 11.3 Å². The fourth-order valence-corrected chi connectivity index (χ4v) is 8.86. The third kappa shape index (κ3) is 4.94. The van der Waals surface area contributed by atoms with Crippen LogP contribution < -0.4 is 16.0 Å². The topological polar surface area (TPSA) is 146 Å². The highest BCUT2D eigenvalue weighted by Crippen LogP contribution is 2.63. The standard InChI is InChI=1S/C33H39N3O8S/c1-18-24-27(38)36(31(2,3)29(39)40)30(41)35(28(24)45-25(18)26-34-11-12-43-26)17-23(21-9-7-8-10-22(21)42-6)44-20-15-32(4)13-19(37)14-33(32,5)16-20/h7-12,19-20,23,37H,13-17H2,1-6H3,(H,39,40)/t19-,20+,23?,32-,33+. The van der Waals surface area contributed by atoms with Gasteiger partial charge in [-0.25, -0.2) is 19.1 Å². The van der Waals surface area contributed by atoms with E-state index in [-0.39, 0.29) is 35.0 Å². The summed E-state index contributed by atoms with van der Waals surface area (Å²) in [7, 11) is 1.57. The van der Waals surface area contributed by atoms with Crippen LogP contribution in [0.3, 0.4) is 0 Å². The van der Waals surface area contributed by atoms with Crippen molar-refractivity contribution >= 4 is 27.5 Å². The van der Waals surface area contributed by atoms with Crippen molar-refractivity contribution in [2.24, 2.45) is 10.8 Å². The number of aryl methyl sites for hydroxylation is 1. The van der Waals surface area contributed by atoms with Gasteiger partial charge in [0.05, 0.1) is 42.3 Å². The summed E-state index contributed by atoms with van der Waals surface area (Å²) in [5.74, 6) is -0.429. The van der Waals surface area contributed by atoms with E-state index in [4.69, 9.17) is 13.9 Å². The number of carbonyl (C=O) groups is 1. The third-order valence-electron chi connectivity index (χ3n) is 10.3. The zero-order chi connectivity index (χ0) is 32.5. The van der Waals surface area contributed by atoms with E-state index >= 15 is 0 Å². The van der Waals surface area contributed by atoms with Crippen molar-refractivity contribution in [3.8, 4) is 16.5 Å². The number of fused-ring (bicyclic) bond motifs is 2. The maximum Gasteiger partial charge on any atom is 0.333 e. The molecule has 240 valence electrons. The molecule has 2 N–H and O–H groups in total. The average molecular weight is 638 g/mol. The van der Waals surface area contributed by atoms with Gasteiger partial charge in [0.15, 0.2) is 0 Å². The summed E-state index contributed by atoms with van der Waals surface area (Å²) in [6.07, 6.45) is 4.64. The maximum atomic E-state index is 14.3. The number of nitrogens with zero attached hydrogens (tertiary/aromatic N) is 3. The molecule has 5 atom stereocenters. The number of ether oxygens (including phenoxy) is 2. The molecule has 0 spiro atoms. The molecule has 0 amide bonds. The first kappa shape index (κ1) is 31.3. The van der Waals surface area contributed by atoms with Crippen LogP contribution in [0.15, 0.2) is 50.7 Å². The molecule has 4 aromatic rings. The van der Waals surface area contributed by atoms with Gasteiger partial charge in [-0.15, -0.1) is 11.3 Å². The van der Waals surface area contributed by atoms with Crippen LogP contribution in [0.5, 0.6) is 5.75 Å². The number of carboxylic acids is 1. The highest BCUT2D eigenvalue weighted by Gasteiger charge is 2.58. The summed E-state index contributed by atoms with van der Waals surface area (Å²) in [5.41, 5.74) is -2.21. The third-order valence-corrected chi connectivity index (χ3v) is 11.6. The molecule has 6 rings (SSSR count). The number of aromatic nitrogens is 3. The molecule has 0 radical (unpaired) electrons. The van der Waals surface area contributed by atoms with Crippen molar-refractivity contribution in [1.29, 1.82) is 0 Å². The van der Waals surface area contributed by atoms with Crippen LogP contribution in [-0.2, 0) is 21.6 Å². The number of oxazole rings is 1. The van der Waals surface area contributed by atoms with Gasteiger partial charge >= 0.3 is 11.7 Å². The Kier molecular flexibility index (Phi) is 7.61. The Bertz CT molecular complexity index is 1870. The molecule has 0 saturated heterocycles. The second-order valence-corrected chi connectivity index (χ2v) is 14.6. The molecule has 0 bridgehead atoms. The fourth-order valence-electron chi connectivity index (χ4n) is 7.62. The molecule has 11 nitrogen and oxygen atoms in total. The molecule has 1 unspecified atom stereocenters. The Morgan fingerprint density at radius 1 is 1.18 bits per heavy atom. The lowest BCUT2D eigenvalue weighted by molar-refractivity contribution is -0.146. The van der Waals surface area contributed by atoms with E-state index in [1.807, 2.05) is 24.3 Å². The van der Waals surface area contributed by atoms with Crippen molar-refractivity contribution < 1.29 is 28.9 Å². The van der Waals surface area contributed by atoms with E-state index in [2.05, 4.69) is 18.8 Å². The lowest BCUT2D eigenvalue weighted by Gasteiger charge is -2.33. The number of para-hydroxylation sites is 1. The number of hydrogen-bond acceptors (Lipinski definition) is 9. The van der Waals surface area contributed by atoms with Crippen molar-refractivity contribution in [2.75, 3.05) is 7.11 Å². The predicted molar refractivity (Wildman–Crippen MR) is 169 cm³/mol. The minimum atomic E-state index is -1.84. The minimum absolute atomic E-state index is 0.0107. The zero-order valence-electron chi connectivity index (χ0n) is 26.3. The smallest absolute Gasteiger partial charge is 0.333 e. The van der Waals surface area contributed by atoms with E-state index in [0.29, 0.717) is 39.8 Å². The monoisotopic (exact) mass is 637 g/mol. The van der Waals surface area contributed by atoms with Crippen molar-refractivity contribution in [3.05, 3.63) is 68.7 Å². The predicted octanol–water partition coefficient (Wildman–Crippen LogP) is 5.10. The van der Waals surface area contributed by atoms with Gasteiger partial charge in [0.2, 0.25) is 5.89 Å². The van der Waals surface area contributed by atoms with Crippen LogP contribution in [0.1, 0.15) is 70.6 Å². The number of carboxylic acid groups (broad SMARTS) is 1. The second-order valence-electron chi connectivity index (χ2n) is 13.6. The van der Waals surface area contributed by atoms with Gasteiger partial charge in [0, 0.05) is 5.56 Å². The van der Waals surface area contributed by atoms with E-state index in [9.17, 15) is 24.6 Å². The highest BCUT2D eigenvalue weighted by atomic mass is 32.1. The Hall–Kier alpha value is -3.74. The van der Waals surface area contributed by atoms with Gasteiger partial charge in [-0.2, -0.15) is 0 Å². The molecule has 3 aromatic heterocycles. The summed E-state index contributed by atoms with van der Waals surface area (Å²) in [5, 5.41) is 20.8. The van der Waals surface area contributed by atoms with Crippen molar-refractivity contribution in [3.63, 3.8) is 0 Å². The quantitative estimate of drug-likeness (QED) is 0.256. The molecule has 45 heavy (non-hydrogen) atoms. The number of aliphatic hydroxyl groups is 1. The van der Waals surface area contributed by atoms with Crippen molar-refractivity contribution in [2.45, 2.75) is 90.7 Å². The summed E-state index contributed by atoms with van der Waals surface area (Å²) >= 11 is 1.20. The van der Waals surface area contributed by atoms with Gasteiger partial charge in [0.1, 0.15) is 28.5 Å². The number of methoxy groups -OCH3 is 1. The summed E-state index contributed by atoms with van der Waals surface area (Å²) < 4.78 is 20.5. The number of rotatable bonds is 9. The van der Waals surface area contributed by atoms with Crippen LogP contribution in [0.4, 0.5) is 0 Å². The fraction of sp³-hybridized carbons (Fsp3) is 0.515. The molecule has 0 aliphatic heterocycles. The first-order chi connectivity index (χ1) is 21.2. The highest BCUT2D eigenvalue weighted by molar-refractivity contribution is 7.22. The molecule has 2 aliphatic rings. The molecular weight excluding hydrogens is 598 g/mol. The van der Waals surface area contributed by atoms with Gasteiger partial charge in [-0.3, -0.25) is 9.36 Å². The normalized spacial score (nSPS) is 25.5. The molecule has 3 heterocycles. The largest absolute Gasteiger partial charge is 0.496 e. The van der Waals surface area contributed by atoms with E-state index < -0.39 is 28.9 Å². The number of hydrogen-bond donors (Lipinski definition) is 2. The molecule has 1 aromatic carbocycles. The Morgan fingerprint density at radius 2 is 1.84 bits per heavy atom. The number of aliphatic hydroxyl groups excluding tert-OH is 1. The zero-order valence-corrected chi connectivity index (χ0v) is 27.1.